The lowest BCUT2D eigenvalue weighted by Crippen LogP contribution is -2.60. The molecular weight excluding hydrogens is 668 g/mol. The van der Waals surface area contributed by atoms with Crippen LogP contribution in [0.4, 0.5) is 21.5 Å². The maximum absolute atomic E-state index is 14.4. The van der Waals surface area contributed by atoms with E-state index in [0.29, 0.717) is 16.9 Å². The summed E-state index contributed by atoms with van der Waals surface area (Å²) in [7, 11) is 0. The Hall–Kier alpha value is -4.65. The predicted octanol–water partition coefficient (Wildman–Crippen LogP) is 4.87. The number of allylic oxidation sites excluding steroid dienone is 2. The van der Waals surface area contributed by atoms with Gasteiger partial charge in [-0.3, -0.25) is 34.2 Å². The molecule has 0 aromatic heterocycles. The minimum atomic E-state index is -2.09. The van der Waals surface area contributed by atoms with E-state index in [-0.39, 0.29) is 43.1 Å². The minimum absolute atomic E-state index is 0.0460. The van der Waals surface area contributed by atoms with Gasteiger partial charge in [-0.25, -0.2) is 9.29 Å². The zero-order valence-electron chi connectivity index (χ0n) is 24.9. The van der Waals surface area contributed by atoms with Gasteiger partial charge in [-0.05, 0) is 72.9 Å². The first kappa shape index (κ1) is 31.9. The fourth-order valence-corrected chi connectivity index (χ4v) is 8.61. The molecule has 1 saturated carbocycles. The van der Waals surface area contributed by atoms with E-state index in [1.165, 1.54) is 36.4 Å². The molecule has 4 amide bonds. The lowest BCUT2D eigenvalue weighted by Gasteiger charge is -2.50. The summed E-state index contributed by atoms with van der Waals surface area (Å²) in [4.78, 5) is 65.0. The van der Waals surface area contributed by atoms with Gasteiger partial charge in [0.15, 0.2) is 9.75 Å². The fourth-order valence-electron chi connectivity index (χ4n) is 7.67. The van der Waals surface area contributed by atoms with Gasteiger partial charge in [0.2, 0.25) is 11.8 Å². The number of fused-ring (bicyclic) bond motifs is 4. The van der Waals surface area contributed by atoms with Gasteiger partial charge < -0.3 is 9.84 Å². The summed E-state index contributed by atoms with van der Waals surface area (Å²) >= 11 is 14.7. The average Bonchev–Trinajstić information content (AvgIpc) is 3.42. The van der Waals surface area contributed by atoms with Crippen LogP contribution in [0.2, 0.25) is 0 Å². The van der Waals surface area contributed by atoms with Crippen LogP contribution >= 0.6 is 23.2 Å². The molecule has 14 heteroatoms. The number of halogens is 3. The smallest absolute Gasteiger partial charge is 0.269 e. The van der Waals surface area contributed by atoms with Crippen molar-refractivity contribution in [1.29, 1.82) is 0 Å². The first-order chi connectivity index (χ1) is 22.9. The summed E-state index contributed by atoms with van der Waals surface area (Å²) in [6, 6.07) is 16.4. The van der Waals surface area contributed by atoms with E-state index < -0.39 is 67.8 Å². The molecule has 2 heterocycles. The van der Waals surface area contributed by atoms with E-state index in [2.05, 4.69) is 0 Å². The van der Waals surface area contributed by atoms with E-state index in [9.17, 15) is 33.7 Å². The van der Waals surface area contributed by atoms with Crippen molar-refractivity contribution in [3.63, 3.8) is 0 Å². The number of amides is 4. The van der Waals surface area contributed by atoms with Crippen LogP contribution in [-0.4, -0.2) is 56.6 Å². The molecule has 11 nitrogen and oxygen atoms in total. The Balaban J connectivity index is 1.34. The van der Waals surface area contributed by atoms with Gasteiger partial charge in [-0.15, -0.1) is 23.2 Å². The SMILES string of the molecule is O=C1C2CC=C3C(CC4(Cl)C(=O)N(c5ccc(F)cc5)C(=O)C4(Cl)C3c3ccc(OCCO)cc3)C2C(=O)N1c1ccc([N+](=O)[O-])cc1. The Morgan fingerprint density at radius 2 is 1.50 bits per heavy atom. The molecule has 246 valence electrons. The van der Waals surface area contributed by atoms with E-state index in [1.54, 1.807) is 30.3 Å². The number of carbonyl (C=O) groups excluding carboxylic acids is 4. The Morgan fingerprint density at radius 3 is 2.12 bits per heavy atom. The number of rotatable bonds is 7. The van der Waals surface area contributed by atoms with Crippen molar-refractivity contribution >= 4 is 63.9 Å². The van der Waals surface area contributed by atoms with Crippen LogP contribution in [0.15, 0.2) is 84.4 Å². The lowest BCUT2D eigenvalue weighted by molar-refractivity contribution is -0.384. The highest BCUT2D eigenvalue weighted by molar-refractivity contribution is 6.58. The zero-order chi connectivity index (χ0) is 34.1. The molecule has 1 N–H and O–H groups in total. The second-order valence-electron chi connectivity index (χ2n) is 12.2. The van der Waals surface area contributed by atoms with E-state index in [4.69, 9.17) is 33.0 Å². The van der Waals surface area contributed by atoms with Crippen LogP contribution in [0.5, 0.6) is 5.75 Å². The van der Waals surface area contributed by atoms with Crippen LogP contribution in [0.1, 0.15) is 24.3 Å². The molecule has 2 aliphatic carbocycles. The molecule has 7 rings (SSSR count). The Kier molecular flexibility index (Phi) is 7.65. The molecular formula is C34H26Cl2FN3O8. The molecule has 48 heavy (non-hydrogen) atoms. The third-order valence-corrected chi connectivity index (χ3v) is 11.2. The third-order valence-electron chi connectivity index (χ3n) is 9.79. The summed E-state index contributed by atoms with van der Waals surface area (Å²) in [6.45, 7) is -0.162. The lowest BCUT2D eigenvalue weighted by atomic mass is 9.56. The highest BCUT2D eigenvalue weighted by Gasteiger charge is 2.76. The standard InChI is InChI=1S/C34H26Cl2FN3O8/c35-33-17-26-24(13-14-25-27(26)30(43)38(29(25)42)20-7-9-22(10-8-20)40(46)47)28(18-1-11-23(12-2-18)48-16-15-41)34(33,36)32(45)39(31(33)44)21-5-3-19(37)4-6-21/h1-13,25-28,41H,14-17H2. The molecule has 0 spiro atoms. The normalized spacial score (nSPS) is 29.4. The number of hydrogen-bond acceptors (Lipinski definition) is 8. The van der Waals surface area contributed by atoms with Gasteiger partial charge in [-0.1, -0.05) is 23.8 Å². The molecule has 2 saturated heterocycles. The van der Waals surface area contributed by atoms with E-state index in [1.807, 2.05) is 0 Å². The van der Waals surface area contributed by atoms with Crippen LogP contribution < -0.4 is 14.5 Å². The number of non-ortho nitro benzene ring substituents is 1. The summed E-state index contributed by atoms with van der Waals surface area (Å²) in [5, 5.41) is 20.4. The van der Waals surface area contributed by atoms with Gasteiger partial charge >= 0.3 is 0 Å². The molecule has 6 unspecified atom stereocenters. The molecule has 2 aliphatic heterocycles. The Labute approximate surface area is 282 Å². The number of aliphatic hydroxyl groups is 1. The van der Waals surface area contributed by atoms with Crippen molar-refractivity contribution < 1.29 is 38.3 Å². The van der Waals surface area contributed by atoms with Crippen molar-refractivity contribution in [2.75, 3.05) is 23.0 Å². The minimum Gasteiger partial charge on any atom is -0.491 e. The molecule has 0 bridgehead atoms. The average molecular weight is 694 g/mol. The summed E-state index contributed by atoms with van der Waals surface area (Å²) < 4.78 is 19.4. The monoisotopic (exact) mass is 693 g/mol. The number of nitrogens with zero attached hydrogens (tertiary/aromatic N) is 3. The molecule has 0 radical (unpaired) electrons. The van der Waals surface area contributed by atoms with Crippen LogP contribution in [-0.2, 0) is 19.2 Å². The van der Waals surface area contributed by atoms with Gasteiger partial charge in [0.1, 0.15) is 18.2 Å². The molecule has 4 aliphatic rings. The number of hydrogen-bond donors (Lipinski definition) is 1. The second-order valence-corrected chi connectivity index (χ2v) is 13.4. The highest BCUT2D eigenvalue weighted by atomic mass is 35.5. The Morgan fingerprint density at radius 1 is 0.875 bits per heavy atom. The van der Waals surface area contributed by atoms with E-state index >= 15 is 0 Å². The second kappa shape index (κ2) is 11.5. The number of aliphatic hydroxyl groups excluding tert-OH is 1. The number of ether oxygens (including phenoxy) is 1. The molecule has 3 aromatic rings. The number of nitro benzene ring substituents is 1. The maximum Gasteiger partial charge on any atom is 0.269 e. The first-order valence-corrected chi connectivity index (χ1v) is 15.9. The third kappa shape index (κ3) is 4.50. The molecule has 3 fully saturated rings. The van der Waals surface area contributed by atoms with Gasteiger partial charge in [-0.2, -0.15) is 0 Å². The van der Waals surface area contributed by atoms with Crippen molar-refractivity contribution in [2.24, 2.45) is 17.8 Å². The van der Waals surface area contributed by atoms with Gasteiger partial charge in [0.25, 0.3) is 17.5 Å². The Bertz CT molecular complexity index is 1900. The highest BCUT2D eigenvalue weighted by Crippen LogP contribution is 2.66. The number of imide groups is 2. The van der Waals surface area contributed by atoms with Crippen molar-refractivity contribution in [1.82, 2.24) is 0 Å². The first-order valence-electron chi connectivity index (χ1n) is 15.1. The van der Waals surface area contributed by atoms with Crippen LogP contribution in [0, 0.1) is 33.7 Å². The van der Waals surface area contributed by atoms with Crippen molar-refractivity contribution in [2.45, 2.75) is 28.5 Å². The summed E-state index contributed by atoms with van der Waals surface area (Å²) in [6.07, 6.45) is 1.66. The van der Waals surface area contributed by atoms with Crippen LogP contribution in [0.3, 0.4) is 0 Å². The predicted molar refractivity (Wildman–Crippen MR) is 171 cm³/mol. The largest absolute Gasteiger partial charge is 0.491 e. The molecule has 3 aromatic carbocycles. The quantitative estimate of drug-likeness (QED) is 0.121. The zero-order valence-corrected chi connectivity index (χ0v) is 26.4. The number of alkyl halides is 2. The number of nitro groups is 1. The van der Waals surface area contributed by atoms with Gasteiger partial charge in [0.05, 0.1) is 34.7 Å². The topological polar surface area (TPSA) is 147 Å². The van der Waals surface area contributed by atoms with Crippen molar-refractivity contribution in [3.8, 4) is 5.75 Å². The summed E-state index contributed by atoms with van der Waals surface area (Å²) in [5.74, 6) is -6.49. The number of anilines is 2. The number of carbonyl (C=O) groups is 4. The van der Waals surface area contributed by atoms with E-state index in [0.717, 1.165) is 21.9 Å². The van der Waals surface area contributed by atoms with Gasteiger partial charge in [0, 0.05) is 18.1 Å². The number of benzene rings is 3. The summed E-state index contributed by atoms with van der Waals surface area (Å²) in [5.41, 5.74) is 1.09. The van der Waals surface area contributed by atoms with Crippen molar-refractivity contribution in [3.05, 3.63) is 106 Å². The fraction of sp³-hybridized carbons (Fsp3) is 0.294. The molecule has 6 atom stereocenters. The maximum atomic E-state index is 14.4. The van der Waals surface area contributed by atoms with Crippen LogP contribution in [0.25, 0.3) is 0 Å².